The van der Waals surface area contributed by atoms with Gasteiger partial charge in [0.05, 0.1) is 5.52 Å². The second-order valence-electron chi connectivity index (χ2n) is 3.71. The smallest absolute Gasteiger partial charge is 0.128 e. The predicted octanol–water partition coefficient (Wildman–Crippen LogP) is 4.66. The first-order valence-corrected chi connectivity index (χ1v) is 6.72. The number of aromatic nitrogens is 1. The van der Waals surface area contributed by atoms with Crippen LogP contribution in [0, 0.1) is 6.92 Å². The molecule has 2 nitrogen and oxygen atoms in total. The number of fused-ring (bicyclic) bond motifs is 1. The summed E-state index contributed by atoms with van der Waals surface area (Å²) in [4.78, 5) is 6.59. The first-order valence-electron chi connectivity index (χ1n) is 6.72. The van der Waals surface area contributed by atoms with E-state index in [1.54, 1.807) is 0 Å². The first-order chi connectivity index (χ1) is 8.68. The van der Waals surface area contributed by atoms with Crippen LogP contribution >= 0.6 is 0 Å². The fraction of sp³-hybridized carbons (Fsp3) is 0.438. The maximum absolute atomic E-state index is 4.56. The van der Waals surface area contributed by atoms with Gasteiger partial charge in [0.2, 0.25) is 0 Å². The normalized spacial score (nSPS) is 8.83. The fourth-order valence-electron chi connectivity index (χ4n) is 1.56. The highest BCUT2D eigenvalue weighted by atomic mass is 15.1. The number of hydrogen-bond donors (Lipinski definition) is 0. The van der Waals surface area contributed by atoms with Crippen molar-refractivity contribution in [2.45, 2.75) is 34.6 Å². The molecule has 0 aliphatic rings. The molecule has 0 aliphatic heterocycles. The van der Waals surface area contributed by atoms with Crippen LogP contribution in [-0.4, -0.2) is 19.1 Å². The molecular weight excluding hydrogens is 220 g/mol. The van der Waals surface area contributed by atoms with Crippen molar-refractivity contribution in [1.29, 1.82) is 0 Å². The van der Waals surface area contributed by atoms with Gasteiger partial charge in [-0.05, 0) is 24.6 Å². The highest BCUT2D eigenvalue weighted by Crippen LogP contribution is 2.20. The van der Waals surface area contributed by atoms with Gasteiger partial charge in [0.15, 0.2) is 0 Å². The molecule has 2 rings (SSSR count). The van der Waals surface area contributed by atoms with E-state index in [1.165, 1.54) is 10.9 Å². The zero-order chi connectivity index (χ0) is 14.1. The van der Waals surface area contributed by atoms with Crippen molar-refractivity contribution in [1.82, 2.24) is 4.98 Å². The molecule has 0 amide bonds. The lowest BCUT2D eigenvalue weighted by atomic mass is 10.1. The van der Waals surface area contributed by atoms with E-state index in [-0.39, 0.29) is 0 Å². The van der Waals surface area contributed by atoms with Crippen molar-refractivity contribution in [3.05, 3.63) is 35.9 Å². The molecule has 100 valence electrons. The topological polar surface area (TPSA) is 16.1 Å². The number of aryl methyl sites for hydroxylation is 1. The Morgan fingerprint density at radius 3 is 2.06 bits per heavy atom. The van der Waals surface area contributed by atoms with Crippen LogP contribution in [0.3, 0.4) is 0 Å². The Bertz CT molecular complexity index is 462. The van der Waals surface area contributed by atoms with Crippen molar-refractivity contribution in [2.24, 2.45) is 0 Å². The van der Waals surface area contributed by atoms with Gasteiger partial charge < -0.3 is 4.90 Å². The summed E-state index contributed by atoms with van der Waals surface area (Å²) in [5.41, 5.74) is 2.34. The standard InChI is InChI=1S/C12H14N2.2C2H6/c1-9-8-12(14(2)3)13-11-7-5-4-6-10(9)11;2*1-2/h4-8H,1-3H3;2*1-2H3. The molecule has 0 spiro atoms. The zero-order valence-electron chi connectivity index (χ0n) is 12.8. The molecule has 1 aromatic heterocycles. The van der Waals surface area contributed by atoms with Gasteiger partial charge >= 0.3 is 0 Å². The quantitative estimate of drug-likeness (QED) is 0.727. The lowest BCUT2D eigenvalue weighted by molar-refractivity contribution is 1.08. The van der Waals surface area contributed by atoms with E-state index >= 15 is 0 Å². The van der Waals surface area contributed by atoms with Crippen molar-refractivity contribution < 1.29 is 0 Å². The van der Waals surface area contributed by atoms with E-state index in [0.717, 1.165) is 11.3 Å². The maximum Gasteiger partial charge on any atom is 0.128 e. The minimum absolute atomic E-state index is 1.02. The third-order valence-corrected chi connectivity index (χ3v) is 2.37. The van der Waals surface area contributed by atoms with Crippen molar-refractivity contribution in [2.75, 3.05) is 19.0 Å². The van der Waals surface area contributed by atoms with Crippen LogP contribution in [0.5, 0.6) is 0 Å². The van der Waals surface area contributed by atoms with Gasteiger partial charge in [0, 0.05) is 19.5 Å². The van der Waals surface area contributed by atoms with Gasteiger partial charge in [0.25, 0.3) is 0 Å². The summed E-state index contributed by atoms with van der Waals surface area (Å²) in [6, 6.07) is 10.3. The minimum Gasteiger partial charge on any atom is -0.363 e. The predicted molar refractivity (Wildman–Crippen MR) is 83.5 cm³/mol. The van der Waals surface area contributed by atoms with Gasteiger partial charge in [-0.2, -0.15) is 0 Å². The molecule has 0 bridgehead atoms. The molecule has 0 saturated heterocycles. The molecule has 18 heavy (non-hydrogen) atoms. The molecule has 0 fully saturated rings. The van der Waals surface area contributed by atoms with E-state index < -0.39 is 0 Å². The highest BCUT2D eigenvalue weighted by molar-refractivity contribution is 5.83. The lowest BCUT2D eigenvalue weighted by Crippen LogP contribution is -2.10. The molecule has 2 aromatic rings. The SMILES string of the molecule is CC.CC.Cc1cc(N(C)C)nc2ccccc12. The third kappa shape index (κ3) is 4.02. The van der Waals surface area contributed by atoms with Crippen LogP contribution in [0.1, 0.15) is 33.3 Å². The Labute approximate surface area is 112 Å². The number of anilines is 1. The van der Waals surface area contributed by atoms with Crippen LogP contribution in [0.4, 0.5) is 5.82 Å². The fourth-order valence-corrected chi connectivity index (χ4v) is 1.56. The molecule has 0 radical (unpaired) electrons. The van der Waals surface area contributed by atoms with E-state index in [0.29, 0.717) is 0 Å². The Balaban J connectivity index is 0.000000659. The lowest BCUT2D eigenvalue weighted by Gasteiger charge is -2.13. The molecule has 0 atom stereocenters. The average Bonchev–Trinajstić information content (AvgIpc) is 2.43. The summed E-state index contributed by atoms with van der Waals surface area (Å²) >= 11 is 0. The summed E-state index contributed by atoms with van der Waals surface area (Å²) in [5, 5.41) is 1.23. The second kappa shape index (κ2) is 8.51. The van der Waals surface area contributed by atoms with Crippen molar-refractivity contribution >= 4 is 16.7 Å². The van der Waals surface area contributed by atoms with E-state index in [4.69, 9.17) is 0 Å². The van der Waals surface area contributed by atoms with Gasteiger partial charge in [-0.1, -0.05) is 45.9 Å². The van der Waals surface area contributed by atoms with Crippen LogP contribution in [0.15, 0.2) is 30.3 Å². The Morgan fingerprint density at radius 1 is 0.944 bits per heavy atom. The van der Waals surface area contributed by atoms with Gasteiger partial charge in [-0.15, -0.1) is 0 Å². The molecule has 0 N–H and O–H groups in total. The zero-order valence-corrected chi connectivity index (χ0v) is 12.8. The number of benzene rings is 1. The van der Waals surface area contributed by atoms with Gasteiger partial charge in [-0.25, -0.2) is 4.98 Å². The van der Waals surface area contributed by atoms with Crippen LogP contribution in [-0.2, 0) is 0 Å². The maximum atomic E-state index is 4.56. The summed E-state index contributed by atoms with van der Waals surface area (Å²) in [6.07, 6.45) is 0. The van der Waals surface area contributed by atoms with E-state index in [2.05, 4.69) is 30.1 Å². The molecule has 1 aromatic carbocycles. The van der Waals surface area contributed by atoms with Gasteiger partial charge in [-0.3, -0.25) is 0 Å². The molecule has 0 aliphatic carbocycles. The third-order valence-electron chi connectivity index (χ3n) is 2.37. The van der Waals surface area contributed by atoms with E-state index in [1.807, 2.05) is 58.8 Å². The van der Waals surface area contributed by atoms with Crippen LogP contribution < -0.4 is 4.90 Å². The number of para-hydroxylation sites is 1. The number of nitrogens with zero attached hydrogens (tertiary/aromatic N) is 2. The molecule has 0 unspecified atom stereocenters. The molecule has 0 saturated carbocycles. The van der Waals surface area contributed by atoms with Crippen molar-refractivity contribution in [3.8, 4) is 0 Å². The average molecular weight is 246 g/mol. The monoisotopic (exact) mass is 246 g/mol. The second-order valence-corrected chi connectivity index (χ2v) is 3.71. The summed E-state index contributed by atoms with van der Waals surface area (Å²) in [7, 11) is 4.02. The first kappa shape index (κ1) is 16.4. The Morgan fingerprint density at radius 2 is 1.50 bits per heavy atom. The van der Waals surface area contributed by atoms with Gasteiger partial charge in [0.1, 0.15) is 5.82 Å². The molecular formula is C16H26N2. The molecule has 2 heteroatoms. The Hall–Kier alpha value is -1.57. The number of rotatable bonds is 1. The largest absolute Gasteiger partial charge is 0.363 e. The Kier molecular flexibility index (Phi) is 7.77. The number of pyridine rings is 1. The summed E-state index contributed by atoms with van der Waals surface area (Å²) in [5.74, 6) is 1.02. The van der Waals surface area contributed by atoms with Crippen LogP contribution in [0.25, 0.3) is 10.9 Å². The van der Waals surface area contributed by atoms with Crippen LogP contribution in [0.2, 0.25) is 0 Å². The summed E-state index contributed by atoms with van der Waals surface area (Å²) in [6.45, 7) is 10.1. The molecule has 1 heterocycles. The number of hydrogen-bond acceptors (Lipinski definition) is 2. The van der Waals surface area contributed by atoms with E-state index in [9.17, 15) is 0 Å². The summed E-state index contributed by atoms with van der Waals surface area (Å²) < 4.78 is 0. The van der Waals surface area contributed by atoms with Crippen molar-refractivity contribution in [3.63, 3.8) is 0 Å². The minimum atomic E-state index is 1.02. The highest BCUT2D eigenvalue weighted by Gasteiger charge is 2.02.